The highest BCUT2D eigenvalue weighted by atomic mass is 16.4. The van der Waals surface area contributed by atoms with Gasteiger partial charge in [-0.05, 0) is 35.0 Å². The number of oxazole rings is 1. The van der Waals surface area contributed by atoms with Crippen molar-refractivity contribution in [2.24, 2.45) is 0 Å². The molecule has 0 aliphatic carbocycles. The van der Waals surface area contributed by atoms with Gasteiger partial charge in [-0.3, -0.25) is 0 Å². The molecule has 0 fully saturated rings. The summed E-state index contributed by atoms with van der Waals surface area (Å²) in [5.41, 5.74) is 2.82. The molecule has 0 saturated carbocycles. The highest BCUT2D eigenvalue weighted by Crippen LogP contribution is 2.31. The van der Waals surface area contributed by atoms with Crippen LogP contribution in [0.25, 0.3) is 39.6 Å². The van der Waals surface area contributed by atoms with Crippen LogP contribution in [0.1, 0.15) is 5.76 Å². The summed E-state index contributed by atoms with van der Waals surface area (Å²) in [5.74, 6) is 1.31. The van der Waals surface area contributed by atoms with Gasteiger partial charge in [-0.15, -0.1) is 0 Å². The molecule has 2 nitrogen and oxygen atoms in total. The molecule has 0 aliphatic rings. The Bertz CT molecular complexity index is 983. The van der Waals surface area contributed by atoms with Crippen LogP contribution in [0.15, 0.2) is 83.8 Å². The van der Waals surface area contributed by atoms with E-state index in [0.717, 1.165) is 16.8 Å². The summed E-state index contributed by atoms with van der Waals surface area (Å²) in [5, 5.41) is 2.40. The zero-order valence-electron chi connectivity index (χ0n) is 12.6. The Kier molecular flexibility index (Phi) is 3.28. The van der Waals surface area contributed by atoms with Gasteiger partial charge in [-0.2, -0.15) is 0 Å². The Balaban J connectivity index is 1.86. The maximum Gasteiger partial charge on any atom is 0.227 e. The SMILES string of the molecule is C=Cc1oc(-c2ccccc2)nc1-c1ccc2ccccc2c1. The predicted octanol–water partition coefficient (Wildman–Crippen LogP) is 5.80. The van der Waals surface area contributed by atoms with Crippen molar-refractivity contribution in [3.8, 4) is 22.7 Å². The topological polar surface area (TPSA) is 26.0 Å². The number of benzene rings is 3. The lowest BCUT2D eigenvalue weighted by atomic mass is 10.0. The molecule has 0 amide bonds. The summed E-state index contributed by atoms with van der Waals surface area (Å²) in [6.07, 6.45) is 1.71. The first-order valence-electron chi connectivity index (χ1n) is 7.53. The Morgan fingerprint density at radius 3 is 2.30 bits per heavy atom. The zero-order chi connectivity index (χ0) is 15.6. The molecule has 4 aromatic rings. The Hall–Kier alpha value is -3.13. The van der Waals surface area contributed by atoms with Gasteiger partial charge < -0.3 is 4.42 Å². The van der Waals surface area contributed by atoms with Gasteiger partial charge in [0.1, 0.15) is 5.69 Å². The van der Waals surface area contributed by atoms with E-state index in [1.165, 1.54) is 10.8 Å². The number of aromatic nitrogens is 1. The summed E-state index contributed by atoms with van der Waals surface area (Å²) >= 11 is 0. The van der Waals surface area contributed by atoms with Crippen LogP contribution in [-0.4, -0.2) is 4.98 Å². The average molecular weight is 297 g/mol. The van der Waals surface area contributed by atoms with Crippen LogP contribution in [0.5, 0.6) is 0 Å². The fourth-order valence-corrected chi connectivity index (χ4v) is 2.72. The van der Waals surface area contributed by atoms with Crippen LogP contribution in [0.2, 0.25) is 0 Å². The Labute approximate surface area is 134 Å². The van der Waals surface area contributed by atoms with Crippen LogP contribution in [0, 0.1) is 0 Å². The fraction of sp³-hybridized carbons (Fsp3) is 0. The van der Waals surface area contributed by atoms with Crippen LogP contribution in [0.3, 0.4) is 0 Å². The molecule has 0 radical (unpaired) electrons. The lowest BCUT2D eigenvalue weighted by Gasteiger charge is -2.01. The van der Waals surface area contributed by atoms with E-state index in [2.05, 4.69) is 36.9 Å². The van der Waals surface area contributed by atoms with Gasteiger partial charge in [0.25, 0.3) is 0 Å². The van der Waals surface area contributed by atoms with Crippen LogP contribution < -0.4 is 0 Å². The van der Waals surface area contributed by atoms with Gasteiger partial charge in [0.05, 0.1) is 0 Å². The van der Waals surface area contributed by atoms with Crippen molar-refractivity contribution < 1.29 is 4.42 Å². The third-order valence-corrected chi connectivity index (χ3v) is 3.88. The van der Waals surface area contributed by atoms with Crippen molar-refractivity contribution in [2.45, 2.75) is 0 Å². The first kappa shape index (κ1) is 13.5. The molecule has 0 aliphatic heterocycles. The minimum Gasteiger partial charge on any atom is -0.436 e. The molecule has 0 saturated heterocycles. The summed E-state index contributed by atoms with van der Waals surface area (Å²) in [7, 11) is 0. The normalized spacial score (nSPS) is 10.8. The lowest BCUT2D eigenvalue weighted by Crippen LogP contribution is -1.82. The van der Waals surface area contributed by atoms with E-state index in [1.54, 1.807) is 6.08 Å². The monoisotopic (exact) mass is 297 g/mol. The predicted molar refractivity (Wildman–Crippen MR) is 95.0 cm³/mol. The first-order valence-corrected chi connectivity index (χ1v) is 7.53. The van der Waals surface area contributed by atoms with Gasteiger partial charge in [0.15, 0.2) is 5.76 Å². The van der Waals surface area contributed by atoms with E-state index >= 15 is 0 Å². The Morgan fingerprint density at radius 2 is 1.52 bits per heavy atom. The van der Waals surface area contributed by atoms with Gasteiger partial charge in [0, 0.05) is 11.1 Å². The summed E-state index contributed by atoms with van der Waals surface area (Å²) in [4.78, 5) is 4.69. The minimum atomic E-state index is 0.614. The molecule has 2 heteroatoms. The molecule has 1 aromatic heterocycles. The smallest absolute Gasteiger partial charge is 0.227 e. The third kappa shape index (κ3) is 2.44. The first-order chi connectivity index (χ1) is 11.3. The maximum atomic E-state index is 5.89. The van der Waals surface area contributed by atoms with E-state index < -0.39 is 0 Å². The molecule has 110 valence electrons. The van der Waals surface area contributed by atoms with Crippen molar-refractivity contribution in [1.82, 2.24) is 4.98 Å². The molecular formula is C21H15NO. The van der Waals surface area contributed by atoms with Crippen molar-refractivity contribution in [1.29, 1.82) is 0 Å². The van der Waals surface area contributed by atoms with Crippen molar-refractivity contribution in [3.05, 3.63) is 85.1 Å². The van der Waals surface area contributed by atoms with E-state index in [4.69, 9.17) is 9.40 Å². The Morgan fingerprint density at radius 1 is 0.783 bits per heavy atom. The molecule has 0 bridgehead atoms. The fourth-order valence-electron chi connectivity index (χ4n) is 2.72. The molecule has 0 N–H and O–H groups in total. The van der Waals surface area contributed by atoms with Crippen molar-refractivity contribution in [2.75, 3.05) is 0 Å². The number of hydrogen-bond donors (Lipinski definition) is 0. The quantitative estimate of drug-likeness (QED) is 0.477. The highest BCUT2D eigenvalue weighted by molar-refractivity contribution is 5.87. The number of hydrogen-bond acceptors (Lipinski definition) is 2. The number of fused-ring (bicyclic) bond motifs is 1. The summed E-state index contributed by atoms with van der Waals surface area (Å²) in [6.45, 7) is 3.85. The summed E-state index contributed by atoms with van der Waals surface area (Å²) in [6, 6.07) is 24.5. The van der Waals surface area contributed by atoms with Gasteiger partial charge in [0.2, 0.25) is 5.89 Å². The molecule has 0 spiro atoms. The standard InChI is InChI=1S/C21H15NO/c1-2-19-20(22-21(23-19)16-9-4-3-5-10-16)18-13-12-15-8-6-7-11-17(15)14-18/h2-14H,1H2. The molecule has 23 heavy (non-hydrogen) atoms. The largest absolute Gasteiger partial charge is 0.436 e. The van der Waals surface area contributed by atoms with Crippen LogP contribution in [0.4, 0.5) is 0 Å². The average Bonchev–Trinajstić information content (AvgIpc) is 3.06. The minimum absolute atomic E-state index is 0.614. The molecular weight excluding hydrogens is 282 g/mol. The van der Waals surface area contributed by atoms with Crippen molar-refractivity contribution >= 4 is 16.8 Å². The molecule has 4 rings (SSSR count). The van der Waals surface area contributed by atoms with Crippen molar-refractivity contribution in [3.63, 3.8) is 0 Å². The molecule has 3 aromatic carbocycles. The second-order valence-corrected chi connectivity index (χ2v) is 5.36. The van der Waals surface area contributed by atoms with E-state index in [9.17, 15) is 0 Å². The third-order valence-electron chi connectivity index (χ3n) is 3.88. The van der Waals surface area contributed by atoms with Crippen LogP contribution >= 0.6 is 0 Å². The zero-order valence-corrected chi connectivity index (χ0v) is 12.6. The van der Waals surface area contributed by atoms with Gasteiger partial charge >= 0.3 is 0 Å². The van der Waals surface area contributed by atoms with Crippen LogP contribution in [-0.2, 0) is 0 Å². The van der Waals surface area contributed by atoms with E-state index in [-0.39, 0.29) is 0 Å². The van der Waals surface area contributed by atoms with E-state index in [1.807, 2.05) is 42.5 Å². The molecule has 0 unspecified atom stereocenters. The number of rotatable bonds is 3. The second-order valence-electron chi connectivity index (χ2n) is 5.36. The lowest BCUT2D eigenvalue weighted by molar-refractivity contribution is 0.565. The van der Waals surface area contributed by atoms with E-state index in [0.29, 0.717) is 11.7 Å². The van der Waals surface area contributed by atoms with Gasteiger partial charge in [-0.25, -0.2) is 4.98 Å². The summed E-state index contributed by atoms with van der Waals surface area (Å²) < 4.78 is 5.89. The second kappa shape index (κ2) is 5.58. The highest BCUT2D eigenvalue weighted by Gasteiger charge is 2.14. The molecule has 1 heterocycles. The molecule has 0 atom stereocenters. The maximum absolute atomic E-state index is 5.89. The van der Waals surface area contributed by atoms with Gasteiger partial charge in [-0.1, -0.05) is 61.2 Å². The number of nitrogens with zero attached hydrogens (tertiary/aromatic N) is 1.